The minimum Gasteiger partial charge on any atom is -0.388 e. The molecule has 0 saturated heterocycles. The number of urea groups is 1. The van der Waals surface area contributed by atoms with Gasteiger partial charge in [0.15, 0.2) is 35.1 Å². The molecule has 0 aliphatic rings. The molecule has 26 heteroatoms. The maximum Gasteiger partial charge on any atom is 0.312 e. The van der Waals surface area contributed by atoms with E-state index >= 15 is 0 Å². The SMILES string of the molecule is CCC(=O)[C@H](C)NC(=O)[C@H](C)CC(=O)[C@H](C)NC(=O)[C@H](CCCNC(N)=O)CC(=O)[C@H](CCCCC(=N)N)NC(=O)[C@H](CCCN=C(N)N)CC(=O)[C@H](CCC(N)=O)NC(=O)[C@H](CCCN=C(N)N)CC(C)=O. The van der Waals surface area contributed by atoms with Crippen molar-refractivity contribution < 1.29 is 52.7 Å². The lowest BCUT2D eigenvalue weighted by atomic mass is 9.89. The zero-order valence-corrected chi connectivity index (χ0v) is 43.2. The Morgan fingerprint density at radius 2 is 0.945 bits per heavy atom. The van der Waals surface area contributed by atoms with Gasteiger partial charge in [0.05, 0.1) is 30.0 Å². The number of nitrogens with one attached hydrogen (secondary N) is 6. The summed E-state index contributed by atoms with van der Waals surface area (Å²) in [5, 5.41) is 20.7. The van der Waals surface area contributed by atoms with Crippen LogP contribution in [0.5, 0.6) is 0 Å². The third kappa shape index (κ3) is 30.5. The van der Waals surface area contributed by atoms with E-state index in [1.54, 1.807) is 6.92 Å². The predicted octanol–water partition coefficient (Wildman–Crippen LogP) is -1.40. The summed E-state index contributed by atoms with van der Waals surface area (Å²) < 4.78 is 0. The van der Waals surface area contributed by atoms with Gasteiger partial charge < -0.3 is 71.5 Å². The fourth-order valence-corrected chi connectivity index (χ4v) is 7.63. The molecule has 0 radical (unpaired) electrons. The standard InChI is InChI=1S/C47H83N15O11/c1-6-35(64)28(4)59-41(69)26(2)22-36(65)29(5)60-42(70)31(14-11-21-58-47(55)73)24-37(66)33(15-7-8-16-39(48)49)61-44(72)32(13-10-20-57-46(53)54)25-38(67)34(17-18-40(50)68)62-43(71)30(23-27(3)63)12-9-19-56-45(51)52/h26,28-34H,6-25H2,1-5H3,(H3,48,49)(H2,50,68)(H,59,69)(H,60,70)(H,61,72)(H,62,71)(H4,51,52,56)(H4,53,54,57)(H3,55,58,73)/t26-,28+,29+,30-,31-,32-,33+,34+/m1/s1. The summed E-state index contributed by atoms with van der Waals surface area (Å²) in [6, 6.07) is -5.29. The maximum atomic E-state index is 14.4. The van der Waals surface area contributed by atoms with Crippen LogP contribution in [0.15, 0.2) is 9.98 Å². The third-order valence-corrected chi connectivity index (χ3v) is 11.8. The second-order valence-corrected chi connectivity index (χ2v) is 18.4. The van der Waals surface area contributed by atoms with E-state index in [1.165, 1.54) is 27.7 Å². The first kappa shape index (κ1) is 66.0. The molecule has 0 aliphatic heterocycles. The summed E-state index contributed by atoms with van der Waals surface area (Å²) in [7, 11) is 0. The highest BCUT2D eigenvalue weighted by atomic mass is 16.2. The number of hydrogen-bond donors (Lipinski definition) is 13. The zero-order valence-electron chi connectivity index (χ0n) is 43.2. The number of primary amides is 2. The van der Waals surface area contributed by atoms with Gasteiger partial charge in [-0.15, -0.1) is 0 Å². The van der Waals surface area contributed by atoms with Gasteiger partial charge in [0.2, 0.25) is 29.5 Å². The summed E-state index contributed by atoms with van der Waals surface area (Å²) >= 11 is 0. The molecule has 0 unspecified atom stereocenters. The number of unbranched alkanes of at least 4 members (excludes halogenated alkanes) is 1. The zero-order chi connectivity index (χ0) is 55.8. The van der Waals surface area contributed by atoms with Crippen molar-refractivity contribution in [3.63, 3.8) is 0 Å². The van der Waals surface area contributed by atoms with Crippen molar-refractivity contribution in [1.29, 1.82) is 5.41 Å². The molecular formula is C47H83N15O11. The summed E-state index contributed by atoms with van der Waals surface area (Å²) in [4.78, 5) is 152. The fraction of sp³-hybridized carbons (Fsp3) is 0.702. The largest absolute Gasteiger partial charge is 0.388 e. The molecule has 0 heterocycles. The van der Waals surface area contributed by atoms with E-state index in [0.717, 1.165) is 0 Å². The Labute approximate surface area is 427 Å². The van der Waals surface area contributed by atoms with Gasteiger partial charge in [-0.3, -0.25) is 58.5 Å². The van der Waals surface area contributed by atoms with Gasteiger partial charge in [-0.2, -0.15) is 0 Å². The van der Waals surface area contributed by atoms with Crippen molar-refractivity contribution in [1.82, 2.24) is 26.6 Å². The molecule has 0 aromatic heterocycles. The predicted molar refractivity (Wildman–Crippen MR) is 274 cm³/mol. The van der Waals surface area contributed by atoms with E-state index in [4.69, 9.17) is 45.5 Å². The van der Waals surface area contributed by atoms with Gasteiger partial charge in [0, 0.05) is 88.3 Å². The van der Waals surface area contributed by atoms with Gasteiger partial charge in [-0.25, -0.2) is 4.79 Å². The third-order valence-electron chi connectivity index (χ3n) is 11.8. The number of Topliss-reactive ketones (excluding diaryl/α,β-unsaturated/α-hetero) is 5. The van der Waals surface area contributed by atoms with E-state index in [-0.39, 0.29) is 132 Å². The molecule has 0 rings (SSSR count). The highest BCUT2D eigenvalue weighted by molar-refractivity contribution is 5.98. The van der Waals surface area contributed by atoms with Crippen LogP contribution in [0, 0.1) is 29.1 Å². The minimum absolute atomic E-state index is 0.00613. The second-order valence-electron chi connectivity index (χ2n) is 18.4. The molecule has 0 fully saturated rings. The number of ketones is 5. The normalized spacial score (nSPS) is 14.2. The molecule has 412 valence electrons. The molecule has 8 atom stereocenters. The van der Waals surface area contributed by atoms with Crippen LogP contribution in [-0.4, -0.2) is 126 Å². The van der Waals surface area contributed by atoms with Crippen LogP contribution in [-0.2, 0) is 47.9 Å². The van der Waals surface area contributed by atoms with E-state index in [1.807, 2.05) is 0 Å². The summed E-state index contributed by atoms with van der Waals surface area (Å²) in [5.74, 6) is -10.2. The molecule has 0 aromatic carbocycles. The van der Waals surface area contributed by atoms with Crippen LogP contribution in [0.1, 0.15) is 144 Å². The Morgan fingerprint density at radius 3 is 1.40 bits per heavy atom. The molecule has 0 bridgehead atoms. The van der Waals surface area contributed by atoms with Crippen molar-refractivity contribution in [3.05, 3.63) is 0 Å². The van der Waals surface area contributed by atoms with Gasteiger partial charge in [0.1, 0.15) is 5.78 Å². The number of amidine groups is 1. The van der Waals surface area contributed by atoms with Crippen molar-refractivity contribution in [2.24, 2.45) is 73.8 Å². The minimum atomic E-state index is -1.33. The van der Waals surface area contributed by atoms with Gasteiger partial charge in [-0.1, -0.05) is 20.3 Å². The Balaban J connectivity index is 6.83. The maximum absolute atomic E-state index is 14.4. The lowest BCUT2D eigenvalue weighted by molar-refractivity contribution is -0.136. The van der Waals surface area contributed by atoms with Crippen molar-refractivity contribution in [3.8, 4) is 0 Å². The fourth-order valence-electron chi connectivity index (χ4n) is 7.63. The van der Waals surface area contributed by atoms with E-state index < -0.39 is 114 Å². The van der Waals surface area contributed by atoms with Crippen LogP contribution in [0.3, 0.4) is 0 Å². The number of hydrogen-bond acceptors (Lipinski definition) is 14. The molecule has 0 aromatic rings. The Hall–Kier alpha value is -7.02. The monoisotopic (exact) mass is 1030 g/mol. The number of guanidine groups is 2. The first-order valence-electron chi connectivity index (χ1n) is 24.8. The smallest absolute Gasteiger partial charge is 0.312 e. The lowest BCUT2D eigenvalue weighted by Crippen LogP contribution is -2.48. The first-order valence-corrected chi connectivity index (χ1v) is 24.8. The van der Waals surface area contributed by atoms with Gasteiger partial charge in [0.25, 0.3) is 0 Å². The highest BCUT2D eigenvalue weighted by Crippen LogP contribution is 2.21. The van der Waals surface area contributed by atoms with Crippen LogP contribution >= 0.6 is 0 Å². The molecule has 7 amide bonds. The molecule has 0 aliphatic carbocycles. The summed E-state index contributed by atoms with van der Waals surface area (Å²) in [6.07, 6.45) is -0.133. The van der Waals surface area contributed by atoms with E-state index in [9.17, 15) is 52.7 Å². The van der Waals surface area contributed by atoms with Crippen molar-refractivity contribution in [2.45, 2.75) is 168 Å². The Morgan fingerprint density at radius 1 is 0.493 bits per heavy atom. The number of aliphatic imine (C=N–C) groups is 2. The van der Waals surface area contributed by atoms with Gasteiger partial charge >= 0.3 is 6.03 Å². The average molecular weight is 1030 g/mol. The molecule has 26 nitrogen and oxygen atoms in total. The quantitative estimate of drug-likeness (QED) is 0.0190. The van der Waals surface area contributed by atoms with Crippen LogP contribution in [0.2, 0.25) is 0 Å². The molecule has 20 N–H and O–H groups in total. The van der Waals surface area contributed by atoms with Crippen LogP contribution < -0.4 is 66.7 Å². The Kier molecular flexibility index (Phi) is 32.5. The average Bonchev–Trinajstić information content (AvgIpc) is 3.30. The van der Waals surface area contributed by atoms with Crippen molar-refractivity contribution in [2.75, 3.05) is 19.6 Å². The molecule has 0 spiro atoms. The number of amides is 7. The van der Waals surface area contributed by atoms with E-state index in [0.29, 0.717) is 12.8 Å². The lowest BCUT2D eigenvalue weighted by Gasteiger charge is -2.26. The van der Waals surface area contributed by atoms with E-state index in [2.05, 4.69) is 36.6 Å². The number of carbonyl (C=O) groups is 11. The first-order chi connectivity index (χ1) is 34.2. The van der Waals surface area contributed by atoms with Crippen LogP contribution in [0.4, 0.5) is 4.79 Å². The molecule has 0 saturated carbocycles. The van der Waals surface area contributed by atoms with Gasteiger partial charge in [-0.05, 0) is 78.6 Å². The Bertz CT molecular complexity index is 1970. The molecule has 73 heavy (non-hydrogen) atoms. The second kappa shape index (κ2) is 36.0. The summed E-state index contributed by atoms with van der Waals surface area (Å²) in [5.41, 5.74) is 38.0. The topological polar surface area (TPSA) is 479 Å². The number of nitrogens with two attached hydrogens (primary N) is 7. The highest BCUT2D eigenvalue weighted by Gasteiger charge is 2.34. The summed E-state index contributed by atoms with van der Waals surface area (Å²) in [6.45, 7) is 7.66. The number of rotatable bonds is 41. The molecular weight excluding hydrogens is 951 g/mol. The number of carbonyl (C=O) groups excluding carboxylic acids is 11. The van der Waals surface area contributed by atoms with Crippen molar-refractivity contribution >= 4 is 82.2 Å². The van der Waals surface area contributed by atoms with Crippen LogP contribution in [0.25, 0.3) is 0 Å². The number of nitrogens with zero attached hydrogens (tertiary/aromatic N) is 2.